The summed E-state index contributed by atoms with van der Waals surface area (Å²) in [4.78, 5) is 25.9. The molecule has 0 spiro atoms. The number of fused-ring (bicyclic) bond motifs is 1. The van der Waals surface area contributed by atoms with E-state index in [0.717, 1.165) is 11.1 Å². The third-order valence-corrected chi connectivity index (χ3v) is 3.04. The van der Waals surface area contributed by atoms with E-state index in [1.165, 1.54) is 12.1 Å². The van der Waals surface area contributed by atoms with E-state index in [9.17, 15) is 14.9 Å². The molecular formula is C13H8N2O3. The van der Waals surface area contributed by atoms with E-state index in [0.29, 0.717) is 16.5 Å². The zero-order chi connectivity index (χ0) is 12.9. The Labute approximate surface area is 102 Å². The van der Waals surface area contributed by atoms with Crippen LogP contribution in [0.5, 0.6) is 0 Å². The Morgan fingerprint density at radius 3 is 2.72 bits per heavy atom. The number of nitrogens with zero attached hydrogens (tertiary/aromatic N) is 2. The molecule has 0 saturated carbocycles. The second-order valence-corrected chi connectivity index (χ2v) is 4.17. The third kappa shape index (κ3) is 1.41. The van der Waals surface area contributed by atoms with E-state index in [1.54, 1.807) is 25.3 Å². The number of aryl methyl sites for hydroxylation is 1. The molecule has 88 valence electrons. The predicted molar refractivity (Wildman–Crippen MR) is 67.2 cm³/mol. The molecule has 3 rings (SSSR count). The minimum absolute atomic E-state index is 0.0141. The number of nitro groups is 1. The molecule has 5 nitrogen and oxygen atoms in total. The minimum Gasteiger partial charge on any atom is -0.288 e. The van der Waals surface area contributed by atoms with Crippen molar-refractivity contribution in [3.8, 4) is 11.3 Å². The van der Waals surface area contributed by atoms with Crippen molar-refractivity contribution in [2.24, 2.45) is 0 Å². The van der Waals surface area contributed by atoms with Crippen LogP contribution < -0.4 is 5.43 Å². The molecule has 0 radical (unpaired) electrons. The van der Waals surface area contributed by atoms with Gasteiger partial charge in [0.05, 0.1) is 16.0 Å². The Bertz CT molecular complexity index is 798. The fourth-order valence-electron chi connectivity index (χ4n) is 2.06. The number of hydrogen-bond acceptors (Lipinski definition) is 4. The highest BCUT2D eigenvalue weighted by atomic mass is 16.6. The topological polar surface area (TPSA) is 73.1 Å². The first-order chi connectivity index (χ1) is 8.59. The van der Waals surface area contributed by atoms with E-state index in [-0.39, 0.29) is 11.1 Å². The molecule has 3 aromatic rings. The van der Waals surface area contributed by atoms with E-state index >= 15 is 0 Å². The highest BCUT2D eigenvalue weighted by Crippen LogP contribution is 2.31. The predicted octanol–water partition coefficient (Wildman–Crippen LogP) is 2.35. The van der Waals surface area contributed by atoms with Gasteiger partial charge < -0.3 is 0 Å². The van der Waals surface area contributed by atoms with Gasteiger partial charge >= 0.3 is 0 Å². The molecule has 0 N–H and O–H groups in total. The fourth-order valence-corrected chi connectivity index (χ4v) is 2.06. The van der Waals surface area contributed by atoms with Gasteiger partial charge in [-0.05, 0) is 24.6 Å². The van der Waals surface area contributed by atoms with Gasteiger partial charge in [0, 0.05) is 29.3 Å². The van der Waals surface area contributed by atoms with Gasteiger partial charge in [0.25, 0.3) is 5.69 Å². The van der Waals surface area contributed by atoms with Gasteiger partial charge in [-0.15, -0.1) is 0 Å². The number of hydrogen-bond donors (Lipinski definition) is 0. The molecular weight excluding hydrogens is 232 g/mol. The average molecular weight is 240 g/mol. The standard InChI is InChI=1S/C13H8N2O3/c1-7-6-8(15(17)18)2-3-9(7)12-11-10(13(11)16)4-5-14-12/h2-6H,1H3. The van der Waals surface area contributed by atoms with Gasteiger partial charge in [-0.2, -0.15) is 0 Å². The molecule has 0 unspecified atom stereocenters. The van der Waals surface area contributed by atoms with Crippen molar-refractivity contribution in [1.29, 1.82) is 0 Å². The molecule has 0 fully saturated rings. The van der Waals surface area contributed by atoms with Gasteiger partial charge in [0.15, 0.2) is 5.43 Å². The van der Waals surface area contributed by atoms with Crippen LogP contribution in [0, 0.1) is 17.0 Å². The maximum Gasteiger partial charge on any atom is 0.269 e. The zero-order valence-corrected chi connectivity index (χ0v) is 9.51. The summed E-state index contributed by atoms with van der Waals surface area (Å²) in [7, 11) is 0. The summed E-state index contributed by atoms with van der Waals surface area (Å²) in [5.74, 6) is 0. The number of aromatic nitrogens is 1. The van der Waals surface area contributed by atoms with Gasteiger partial charge in [0.2, 0.25) is 0 Å². The second-order valence-electron chi connectivity index (χ2n) is 4.17. The summed E-state index contributed by atoms with van der Waals surface area (Å²) in [5, 5.41) is 12.0. The fraction of sp³-hybridized carbons (Fsp3) is 0.0769. The van der Waals surface area contributed by atoms with Gasteiger partial charge in [-0.25, -0.2) is 0 Å². The van der Waals surface area contributed by atoms with Crippen molar-refractivity contribution in [2.75, 3.05) is 0 Å². The van der Waals surface area contributed by atoms with E-state index in [2.05, 4.69) is 4.98 Å². The Morgan fingerprint density at radius 2 is 2.06 bits per heavy atom. The summed E-state index contributed by atoms with van der Waals surface area (Å²) in [6, 6.07) is 6.24. The van der Waals surface area contributed by atoms with Crippen LogP contribution in [0.25, 0.3) is 22.0 Å². The van der Waals surface area contributed by atoms with Crippen LogP contribution in [-0.4, -0.2) is 9.91 Å². The molecule has 1 heterocycles. The number of nitro benzene ring substituents is 1. The summed E-state index contributed by atoms with van der Waals surface area (Å²) in [6.07, 6.45) is 1.58. The summed E-state index contributed by atoms with van der Waals surface area (Å²) < 4.78 is 0. The largest absolute Gasteiger partial charge is 0.288 e. The maximum atomic E-state index is 11.5. The minimum atomic E-state index is -0.438. The molecule has 0 saturated heterocycles. The van der Waals surface area contributed by atoms with Crippen molar-refractivity contribution in [2.45, 2.75) is 6.92 Å². The highest BCUT2D eigenvalue weighted by Gasteiger charge is 2.20. The van der Waals surface area contributed by atoms with E-state index < -0.39 is 4.92 Å². The van der Waals surface area contributed by atoms with Crippen LogP contribution in [0.3, 0.4) is 0 Å². The lowest BCUT2D eigenvalue weighted by atomic mass is 10.0. The lowest BCUT2D eigenvalue weighted by molar-refractivity contribution is -0.384. The SMILES string of the molecule is Cc1cc([N+](=O)[O-])ccc1-c1nccc2c(=O)c12. The number of rotatable bonds is 2. The lowest BCUT2D eigenvalue weighted by Gasteiger charge is -2.03. The molecule has 0 aliphatic carbocycles. The molecule has 18 heavy (non-hydrogen) atoms. The van der Waals surface area contributed by atoms with Crippen LogP contribution in [0.1, 0.15) is 5.56 Å². The van der Waals surface area contributed by atoms with Crippen LogP contribution in [0.4, 0.5) is 5.69 Å². The molecule has 1 aromatic heterocycles. The third-order valence-electron chi connectivity index (χ3n) is 3.04. The smallest absolute Gasteiger partial charge is 0.269 e. The molecule has 0 aliphatic rings. The van der Waals surface area contributed by atoms with Gasteiger partial charge in [0.1, 0.15) is 0 Å². The Kier molecular flexibility index (Phi) is 2.04. The molecule has 0 amide bonds. The quantitative estimate of drug-likeness (QED) is 0.509. The summed E-state index contributed by atoms with van der Waals surface area (Å²) in [6.45, 7) is 1.77. The molecule has 5 heteroatoms. The Hall–Kier alpha value is -2.56. The van der Waals surface area contributed by atoms with Crippen molar-refractivity contribution >= 4 is 16.5 Å². The molecule has 0 bridgehead atoms. The first-order valence-electron chi connectivity index (χ1n) is 5.38. The first kappa shape index (κ1) is 10.6. The number of benzene rings is 1. The van der Waals surface area contributed by atoms with E-state index in [4.69, 9.17) is 0 Å². The first-order valence-corrected chi connectivity index (χ1v) is 5.38. The Morgan fingerprint density at radius 1 is 1.28 bits per heavy atom. The van der Waals surface area contributed by atoms with Crippen LogP contribution in [-0.2, 0) is 0 Å². The summed E-state index contributed by atoms with van der Waals surface area (Å²) in [5.41, 5.74) is 2.18. The monoisotopic (exact) mass is 240 g/mol. The molecule has 0 aliphatic heterocycles. The lowest BCUT2D eigenvalue weighted by Crippen LogP contribution is -1.91. The van der Waals surface area contributed by atoms with Crippen LogP contribution >= 0.6 is 0 Å². The summed E-state index contributed by atoms with van der Waals surface area (Å²) >= 11 is 0. The molecule has 0 atom stereocenters. The van der Waals surface area contributed by atoms with Crippen LogP contribution in [0.2, 0.25) is 0 Å². The van der Waals surface area contributed by atoms with Gasteiger partial charge in [-0.1, -0.05) is 0 Å². The van der Waals surface area contributed by atoms with Crippen LogP contribution in [0.15, 0.2) is 35.3 Å². The van der Waals surface area contributed by atoms with Crippen molar-refractivity contribution in [3.63, 3.8) is 0 Å². The van der Waals surface area contributed by atoms with E-state index in [1.807, 2.05) is 0 Å². The second kappa shape index (κ2) is 3.46. The zero-order valence-electron chi connectivity index (χ0n) is 9.51. The number of pyridine rings is 1. The average Bonchev–Trinajstić information content (AvgIpc) is 3.01. The number of non-ortho nitro benzene ring substituents is 1. The van der Waals surface area contributed by atoms with Crippen molar-refractivity contribution < 1.29 is 4.92 Å². The maximum absolute atomic E-state index is 11.5. The molecule has 2 aromatic carbocycles. The van der Waals surface area contributed by atoms with Crippen molar-refractivity contribution in [3.05, 3.63) is 56.4 Å². The Balaban J connectivity index is 2.19. The van der Waals surface area contributed by atoms with Crippen molar-refractivity contribution in [1.82, 2.24) is 4.98 Å². The highest BCUT2D eigenvalue weighted by molar-refractivity contribution is 6.06. The normalized spacial score (nSPS) is 11.2. The van der Waals surface area contributed by atoms with Gasteiger partial charge in [-0.3, -0.25) is 19.9 Å².